The first-order valence-electron chi connectivity index (χ1n) is 9.60. The standard InChI is InChI=1S/C22H23N3O3/c1-16-3-2-4-19(15-16)23-11-13-24(14-12-23)22(28)17-5-7-18(8-6-17)25-20(26)9-10-21(25)27/h2-8,15H,9-14H2,1H3. The molecule has 0 unspecified atom stereocenters. The summed E-state index contributed by atoms with van der Waals surface area (Å²) in [6.07, 6.45) is 0.509. The number of benzene rings is 2. The SMILES string of the molecule is Cc1cccc(N2CCN(C(=O)c3ccc(N4C(=O)CCC4=O)cc3)CC2)c1. The van der Waals surface area contributed by atoms with Crippen molar-refractivity contribution in [2.24, 2.45) is 0 Å². The van der Waals surface area contributed by atoms with Crippen LogP contribution < -0.4 is 9.80 Å². The molecule has 2 aromatic carbocycles. The van der Waals surface area contributed by atoms with Crippen LogP contribution in [-0.2, 0) is 9.59 Å². The Kier molecular flexibility index (Phi) is 4.86. The van der Waals surface area contributed by atoms with Crippen molar-refractivity contribution in [1.82, 2.24) is 4.90 Å². The minimum absolute atomic E-state index is 0.0190. The van der Waals surface area contributed by atoms with E-state index in [9.17, 15) is 14.4 Å². The number of hydrogen-bond donors (Lipinski definition) is 0. The van der Waals surface area contributed by atoms with E-state index < -0.39 is 0 Å². The number of piperazine rings is 1. The third-order valence-corrected chi connectivity index (χ3v) is 5.36. The van der Waals surface area contributed by atoms with Gasteiger partial charge in [-0.15, -0.1) is 0 Å². The van der Waals surface area contributed by atoms with Crippen LogP contribution in [0.15, 0.2) is 48.5 Å². The highest BCUT2D eigenvalue weighted by atomic mass is 16.2. The van der Waals surface area contributed by atoms with Crippen LogP contribution in [0.1, 0.15) is 28.8 Å². The Morgan fingerprint density at radius 1 is 0.821 bits per heavy atom. The number of imide groups is 1. The molecule has 2 aromatic rings. The van der Waals surface area contributed by atoms with Crippen LogP contribution in [0.2, 0.25) is 0 Å². The zero-order valence-corrected chi connectivity index (χ0v) is 15.9. The van der Waals surface area contributed by atoms with E-state index in [1.165, 1.54) is 16.2 Å². The predicted octanol–water partition coefficient (Wildman–Crippen LogP) is 2.61. The topological polar surface area (TPSA) is 60.9 Å². The molecule has 2 fully saturated rings. The summed E-state index contributed by atoms with van der Waals surface area (Å²) in [5.41, 5.74) is 3.53. The number of rotatable bonds is 3. The Morgan fingerprint density at radius 3 is 2.07 bits per heavy atom. The molecule has 0 N–H and O–H groups in total. The summed E-state index contributed by atoms with van der Waals surface area (Å²) in [6.45, 7) is 5.00. The van der Waals surface area contributed by atoms with Gasteiger partial charge in [-0.25, -0.2) is 0 Å². The Balaban J connectivity index is 1.40. The lowest BCUT2D eigenvalue weighted by molar-refractivity contribution is -0.121. The molecule has 3 amide bonds. The zero-order chi connectivity index (χ0) is 19.7. The molecule has 2 saturated heterocycles. The summed E-state index contributed by atoms with van der Waals surface area (Å²) in [4.78, 5) is 41.9. The summed E-state index contributed by atoms with van der Waals surface area (Å²) in [5.74, 6) is -0.387. The van der Waals surface area contributed by atoms with Gasteiger partial charge in [-0.05, 0) is 48.9 Å². The molecule has 2 aliphatic rings. The molecule has 0 aliphatic carbocycles. The van der Waals surface area contributed by atoms with Gasteiger partial charge in [-0.2, -0.15) is 0 Å². The largest absolute Gasteiger partial charge is 0.368 e. The smallest absolute Gasteiger partial charge is 0.253 e. The second-order valence-corrected chi connectivity index (χ2v) is 7.29. The second-order valence-electron chi connectivity index (χ2n) is 7.29. The maximum atomic E-state index is 12.8. The second kappa shape index (κ2) is 7.46. The van der Waals surface area contributed by atoms with Gasteiger partial charge < -0.3 is 9.80 Å². The Labute approximate surface area is 164 Å². The van der Waals surface area contributed by atoms with Gasteiger partial charge in [0.1, 0.15) is 0 Å². The molecule has 28 heavy (non-hydrogen) atoms. The highest BCUT2D eigenvalue weighted by Gasteiger charge is 2.30. The van der Waals surface area contributed by atoms with Crippen molar-refractivity contribution < 1.29 is 14.4 Å². The summed E-state index contributed by atoms with van der Waals surface area (Å²) in [6, 6.07) is 15.2. The minimum atomic E-state index is -0.184. The van der Waals surface area contributed by atoms with E-state index in [-0.39, 0.29) is 30.6 Å². The molecule has 0 bridgehead atoms. The number of aryl methyl sites for hydroxylation is 1. The van der Waals surface area contributed by atoms with Gasteiger partial charge in [0.15, 0.2) is 0 Å². The van der Waals surface area contributed by atoms with Gasteiger partial charge in [0.25, 0.3) is 5.91 Å². The fraction of sp³-hybridized carbons (Fsp3) is 0.318. The van der Waals surface area contributed by atoms with E-state index in [0.717, 1.165) is 13.1 Å². The molecule has 4 rings (SSSR count). The summed E-state index contributed by atoms with van der Waals surface area (Å²) < 4.78 is 0. The average molecular weight is 377 g/mol. The molecule has 6 heteroatoms. The normalized spacial score (nSPS) is 17.4. The number of carbonyl (C=O) groups excluding carboxylic acids is 3. The lowest BCUT2D eigenvalue weighted by Crippen LogP contribution is -2.48. The number of carbonyl (C=O) groups is 3. The van der Waals surface area contributed by atoms with Crippen LogP contribution in [-0.4, -0.2) is 48.8 Å². The van der Waals surface area contributed by atoms with Crippen LogP contribution in [0.4, 0.5) is 11.4 Å². The van der Waals surface area contributed by atoms with Crippen molar-refractivity contribution in [1.29, 1.82) is 0 Å². The Bertz CT molecular complexity index is 899. The maximum Gasteiger partial charge on any atom is 0.253 e. The van der Waals surface area contributed by atoms with E-state index in [1.807, 2.05) is 4.90 Å². The minimum Gasteiger partial charge on any atom is -0.368 e. The number of amides is 3. The van der Waals surface area contributed by atoms with Crippen molar-refractivity contribution in [3.8, 4) is 0 Å². The molecule has 6 nitrogen and oxygen atoms in total. The monoisotopic (exact) mass is 377 g/mol. The lowest BCUT2D eigenvalue weighted by Gasteiger charge is -2.36. The van der Waals surface area contributed by atoms with Crippen LogP contribution in [0.3, 0.4) is 0 Å². The van der Waals surface area contributed by atoms with Crippen molar-refractivity contribution in [3.63, 3.8) is 0 Å². The van der Waals surface area contributed by atoms with E-state index in [0.29, 0.717) is 24.3 Å². The van der Waals surface area contributed by atoms with Gasteiger partial charge in [0.2, 0.25) is 11.8 Å². The lowest BCUT2D eigenvalue weighted by atomic mass is 10.1. The van der Waals surface area contributed by atoms with E-state index in [4.69, 9.17) is 0 Å². The first-order chi connectivity index (χ1) is 13.5. The predicted molar refractivity (Wildman–Crippen MR) is 107 cm³/mol. The van der Waals surface area contributed by atoms with Crippen molar-refractivity contribution >= 4 is 29.1 Å². The third kappa shape index (κ3) is 3.50. The highest BCUT2D eigenvalue weighted by Crippen LogP contribution is 2.24. The van der Waals surface area contributed by atoms with Crippen molar-refractivity contribution in [2.75, 3.05) is 36.0 Å². The van der Waals surface area contributed by atoms with E-state index in [1.54, 1.807) is 24.3 Å². The Morgan fingerprint density at radius 2 is 1.46 bits per heavy atom. The summed E-state index contributed by atoms with van der Waals surface area (Å²) >= 11 is 0. The Hall–Kier alpha value is -3.15. The number of nitrogens with zero attached hydrogens (tertiary/aromatic N) is 3. The average Bonchev–Trinajstić information content (AvgIpc) is 3.06. The van der Waals surface area contributed by atoms with Crippen LogP contribution in [0.5, 0.6) is 0 Å². The van der Waals surface area contributed by atoms with Crippen molar-refractivity contribution in [2.45, 2.75) is 19.8 Å². The quantitative estimate of drug-likeness (QED) is 0.772. The van der Waals surface area contributed by atoms with Gasteiger partial charge in [0.05, 0.1) is 5.69 Å². The summed E-state index contributed by atoms with van der Waals surface area (Å²) in [5, 5.41) is 0. The molecule has 144 valence electrons. The fourth-order valence-corrected chi connectivity index (χ4v) is 3.79. The molecule has 0 spiro atoms. The van der Waals surface area contributed by atoms with Crippen LogP contribution in [0.25, 0.3) is 0 Å². The van der Waals surface area contributed by atoms with E-state index >= 15 is 0 Å². The number of hydrogen-bond acceptors (Lipinski definition) is 4. The molecule has 2 heterocycles. The van der Waals surface area contributed by atoms with Gasteiger partial charge in [0, 0.05) is 50.3 Å². The highest BCUT2D eigenvalue weighted by molar-refractivity contribution is 6.19. The molecule has 0 saturated carbocycles. The first kappa shape index (κ1) is 18.2. The molecule has 0 atom stereocenters. The maximum absolute atomic E-state index is 12.8. The van der Waals surface area contributed by atoms with Crippen molar-refractivity contribution in [3.05, 3.63) is 59.7 Å². The number of anilines is 2. The molecular weight excluding hydrogens is 354 g/mol. The molecule has 0 radical (unpaired) electrons. The third-order valence-electron chi connectivity index (χ3n) is 5.36. The van der Waals surface area contributed by atoms with Gasteiger partial charge in [-0.3, -0.25) is 19.3 Å². The fourth-order valence-electron chi connectivity index (χ4n) is 3.79. The van der Waals surface area contributed by atoms with Gasteiger partial charge >= 0.3 is 0 Å². The van der Waals surface area contributed by atoms with E-state index in [2.05, 4.69) is 36.1 Å². The molecular formula is C22H23N3O3. The van der Waals surface area contributed by atoms with Crippen LogP contribution >= 0.6 is 0 Å². The van der Waals surface area contributed by atoms with Crippen LogP contribution in [0, 0.1) is 6.92 Å². The zero-order valence-electron chi connectivity index (χ0n) is 15.9. The van der Waals surface area contributed by atoms with Gasteiger partial charge in [-0.1, -0.05) is 12.1 Å². The first-order valence-corrected chi connectivity index (χ1v) is 9.60. The summed E-state index contributed by atoms with van der Waals surface area (Å²) in [7, 11) is 0. The molecule has 2 aliphatic heterocycles. The molecule has 0 aromatic heterocycles.